The second kappa shape index (κ2) is 22.2. The fourth-order valence-corrected chi connectivity index (χ4v) is 5.18. The minimum Gasteiger partial charge on any atom is -0.508 e. The molecule has 300 valence electrons. The van der Waals surface area contributed by atoms with Gasteiger partial charge in [0.15, 0.2) is 0 Å². The first-order valence-electron chi connectivity index (χ1n) is 17.7. The molecule has 18 nitrogen and oxygen atoms in total. The van der Waals surface area contributed by atoms with Crippen molar-refractivity contribution in [3.05, 3.63) is 65.7 Å². The SMILES string of the molecule is CCC(O)C(=O)N[C@@H](Cc1ccccc1)C(=O)NCC(=O)N[C@@H](C)C(=O)N[C@@H](CC(C)C)C(=O)N[C@@H](Cc1ccc(O)cc1)C(=O)N[C@@H](CC(N)=O)C(=O)O. The summed E-state index contributed by atoms with van der Waals surface area (Å²) in [5, 5.41) is 43.7. The summed E-state index contributed by atoms with van der Waals surface area (Å²) in [5.41, 5.74) is 6.32. The molecule has 0 heterocycles. The summed E-state index contributed by atoms with van der Waals surface area (Å²) in [6.07, 6.45) is -1.95. The maximum atomic E-state index is 13.6. The molecule has 2 rings (SSSR count). The van der Waals surface area contributed by atoms with Crippen LogP contribution in [0.3, 0.4) is 0 Å². The lowest BCUT2D eigenvalue weighted by Crippen LogP contribution is -2.58. The number of aromatic hydroxyl groups is 1. The quantitative estimate of drug-likeness (QED) is 0.0659. The average Bonchev–Trinajstić information content (AvgIpc) is 3.12. The number of aliphatic carboxylic acids is 1. The molecule has 0 aliphatic rings. The number of amides is 7. The van der Waals surface area contributed by atoms with Crippen molar-refractivity contribution < 1.29 is 53.7 Å². The maximum absolute atomic E-state index is 13.6. The molecule has 0 radical (unpaired) electrons. The Hall–Kier alpha value is -6.04. The van der Waals surface area contributed by atoms with Gasteiger partial charge in [-0.2, -0.15) is 0 Å². The second-order valence-electron chi connectivity index (χ2n) is 13.4. The fourth-order valence-electron chi connectivity index (χ4n) is 5.18. The van der Waals surface area contributed by atoms with Crippen molar-refractivity contribution in [3.63, 3.8) is 0 Å². The van der Waals surface area contributed by atoms with Gasteiger partial charge in [0.25, 0.3) is 0 Å². The van der Waals surface area contributed by atoms with Crippen LogP contribution >= 0.6 is 0 Å². The number of carboxylic acids is 1. The third-order valence-electron chi connectivity index (χ3n) is 8.17. The van der Waals surface area contributed by atoms with Crippen LogP contribution in [0.5, 0.6) is 5.75 Å². The Labute approximate surface area is 318 Å². The molecule has 7 amide bonds. The molecule has 2 aromatic carbocycles. The van der Waals surface area contributed by atoms with Crippen LogP contribution in [0.25, 0.3) is 0 Å². The van der Waals surface area contributed by atoms with E-state index in [-0.39, 0.29) is 37.4 Å². The van der Waals surface area contributed by atoms with Gasteiger partial charge in [0.1, 0.15) is 42.1 Å². The van der Waals surface area contributed by atoms with Crippen molar-refractivity contribution >= 4 is 47.3 Å². The first-order chi connectivity index (χ1) is 25.9. The topological polar surface area (TPSA) is 295 Å². The number of carbonyl (C=O) groups excluding carboxylic acids is 7. The predicted octanol–water partition coefficient (Wildman–Crippen LogP) is -1.49. The number of hydrogen-bond donors (Lipinski definition) is 10. The van der Waals surface area contributed by atoms with E-state index in [1.54, 1.807) is 51.1 Å². The smallest absolute Gasteiger partial charge is 0.326 e. The van der Waals surface area contributed by atoms with Gasteiger partial charge in [-0.3, -0.25) is 33.6 Å². The number of primary amides is 1. The Balaban J connectivity index is 2.13. The number of carbonyl (C=O) groups is 8. The van der Waals surface area contributed by atoms with Crippen LogP contribution in [0.2, 0.25) is 0 Å². The molecule has 0 aliphatic carbocycles. The lowest BCUT2D eigenvalue weighted by atomic mass is 10.0. The van der Waals surface area contributed by atoms with Crippen molar-refractivity contribution in [2.75, 3.05) is 6.54 Å². The molecule has 55 heavy (non-hydrogen) atoms. The van der Waals surface area contributed by atoms with Gasteiger partial charge >= 0.3 is 5.97 Å². The standard InChI is InChI=1S/C37H51N7O11/c1-5-29(46)36(53)43-26(16-22-9-7-6-8-10-22)33(50)39-19-31(48)40-21(4)32(49)41-25(15-20(2)3)34(51)42-27(17-23-11-13-24(45)14-12-23)35(52)44-28(37(54)55)18-30(38)47/h6-14,20-21,25-29,45-46H,5,15-19H2,1-4H3,(H2,38,47)(H,39,50)(H,40,48)(H,41,49)(H,42,51)(H,43,53)(H,44,52)(H,54,55)/t21-,25-,26-,27-,28-,29?/m0/s1. The van der Waals surface area contributed by atoms with E-state index < -0.39 is 96.6 Å². The van der Waals surface area contributed by atoms with Gasteiger partial charge in [-0.05, 0) is 48.9 Å². The van der Waals surface area contributed by atoms with E-state index in [1.807, 2.05) is 0 Å². The Morgan fingerprint density at radius 2 is 1.16 bits per heavy atom. The molecule has 0 saturated carbocycles. The van der Waals surface area contributed by atoms with Gasteiger partial charge in [-0.15, -0.1) is 0 Å². The molecule has 0 spiro atoms. The first-order valence-corrected chi connectivity index (χ1v) is 17.7. The van der Waals surface area contributed by atoms with E-state index in [0.29, 0.717) is 11.1 Å². The predicted molar refractivity (Wildman–Crippen MR) is 197 cm³/mol. The molecule has 2 aromatic rings. The summed E-state index contributed by atoms with van der Waals surface area (Å²) in [7, 11) is 0. The van der Waals surface area contributed by atoms with E-state index >= 15 is 0 Å². The Bertz CT molecular complexity index is 1650. The summed E-state index contributed by atoms with van der Waals surface area (Å²) in [6.45, 7) is 5.91. The van der Waals surface area contributed by atoms with Crippen molar-refractivity contribution in [1.29, 1.82) is 0 Å². The number of carboxylic acid groups (broad SMARTS) is 1. The number of nitrogens with two attached hydrogens (primary N) is 1. The van der Waals surface area contributed by atoms with Gasteiger partial charge in [0, 0.05) is 12.8 Å². The average molecular weight is 770 g/mol. The number of phenolic OH excluding ortho intramolecular Hbond substituents is 1. The molecule has 0 bridgehead atoms. The van der Waals surface area contributed by atoms with Gasteiger partial charge in [0.05, 0.1) is 13.0 Å². The highest BCUT2D eigenvalue weighted by atomic mass is 16.4. The number of aliphatic hydroxyl groups is 1. The number of benzene rings is 2. The lowest BCUT2D eigenvalue weighted by Gasteiger charge is -2.26. The molecule has 1 unspecified atom stereocenters. The largest absolute Gasteiger partial charge is 0.508 e. The van der Waals surface area contributed by atoms with Crippen LogP contribution in [-0.2, 0) is 51.2 Å². The Morgan fingerprint density at radius 1 is 0.655 bits per heavy atom. The molecule has 18 heteroatoms. The lowest BCUT2D eigenvalue weighted by molar-refractivity contribution is -0.143. The molecule has 0 saturated heterocycles. The first kappa shape index (κ1) is 45.1. The number of hydrogen-bond acceptors (Lipinski definition) is 10. The van der Waals surface area contributed by atoms with Gasteiger partial charge in [-0.25, -0.2) is 4.79 Å². The fraction of sp³-hybridized carbons (Fsp3) is 0.459. The number of rotatable bonds is 22. The summed E-state index contributed by atoms with van der Waals surface area (Å²) in [6, 6.07) is 7.77. The van der Waals surface area contributed by atoms with Crippen LogP contribution in [-0.4, -0.2) is 105 Å². The second-order valence-corrected chi connectivity index (χ2v) is 13.4. The summed E-state index contributed by atoms with van der Waals surface area (Å²) < 4.78 is 0. The zero-order chi connectivity index (χ0) is 41.2. The normalized spacial score (nSPS) is 14.1. The van der Waals surface area contributed by atoms with Crippen molar-refractivity contribution in [2.24, 2.45) is 11.7 Å². The highest BCUT2D eigenvalue weighted by Crippen LogP contribution is 2.13. The van der Waals surface area contributed by atoms with Crippen LogP contribution in [0.15, 0.2) is 54.6 Å². The van der Waals surface area contributed by atoms with Crippen molar-refractivity contribution in [3.8, 4) is 5.75 Å². The molecule has 0 aromatic heterocycles. The Morgan fingerprint density at radius 3 is 1.71 bits per heavy atom. The summed E-state index contributed by atoms with van der Waals surface area (Å²) >= 11 is 0. The molecule has 6 atom stereocenters. The molecule has 11 N–H and O–H groups in total. The third-order valence-corrected chi connectivity index (χ3v) is 8.17. The van der Waals surface area contributed by atoms with E-state index in [0.717, 1.165) is 0 Å². The van der Waals surface area contributed by atoms with Gasteiger partial charge in [0.2, 0.25) is 41.4 Å². The molecular weight excluding hydrogens is 718 g/mol. The number of nitrogens with one attached hydrogen (secondary N) is 6. The zero-order valence-electron chi connectivity index (χ0n) is 31.2. The highest BCUT2D eigenvalue weighted by molar-refractivity contribution is 5.96. The summed E-state index contributed by atoms with van der Waals surface area (Å²) in [4.78, 5) is 101. The van der Waals surface area contributed by atoms with E-state index in [4.69, 9.17) is 5.73 Å². The zero-order valence-corrected chi connectivity index (χ0v) is 31.2. The summed E-state index contributed by atoms with van der Waals surface area (Å²) in [5.74, 6) is -7.53. The minimum absolute atomic E-state index is 0.0617. The van der Waals surface area contributed by atoms with Crippen LogP contribution in [0.1, 0.15) is 58.1 Å². The van der Waals surface area contributed by atoms with E-state index in [1.165, 1.54) is 31.2 Å². The van der Waals surface area contributed by atoms with Crippen LogP contribution < -0.4 is 37.6 Å². The van der Waals surface area contributed by atoms with Crippen molar-refractivity contribution in [1.82, 2.24) is 31.9 Å². The molecular formula is C37H51N7O11. The molecule has 0 fully saturated rings. The van der Waals surface area contributed by atoms with Gasteiger partial charge < -0.3 is 53.0 Å². The maximum Gasteiger partial charge on any atom is 0.326 e. The monoisotopic (exact) mass is 769 g/mol. The minimum atomic E-state index is -1.69. The van der Waals surface area contributed by atoms with Crippen molar-refractivity contribution in [2.45, 2.75) is 96.1 Å². The van der Waals surface area contributed by atoms with Crippen LogP contribution in [0.4, 0.5) is 0 Å². The number of phenols is 1. The van der Waals surface area contributed by atoms with Crippen LogP contribution in [0, 0.1) is 5.92 Å². The van der Waals surface area contributed by atoms with E-state index in [2.05, 4.69) is 31.9 Å². The van der Waals surface area contributed by atoms with E-state index in [9.17, 15) is 53.7 Å². The number of aliphatic hydroxyl groups excluding tert-OH is 1. The molecule has 0 aliphatic heterocycles. The third kappa shape index (κ3) is 16.2. The Kier molecular flexibility index (Phi) is 18.2. The highest BCUT2D eigenvalue weighted by Gasteiger charge is 2.32. The van der Waals surface area contributed by atoms with Gasteiger partial charge in [-0.1, -0.05) is 63.2 Å².